The van der Waals surface area contributed by atoms with Crippen LogP contribution in [0.2, 0.25) is 0 Å². The lowest BCUT2D eigenvalue weighted by Crippen LogP contribution is -2.49. The van der Waals surface area contributed by atoms with Crippen LogP contribution < -0.4 is 5.32 Å². The maximum absolute atomic E-state index is 13.1. The molecule has 1 atom stereocenters. The summed E-state index contributed by atoms with van der Waals surface area (Å²) in [4.78, 5) is 27.6. The van der Waals surface area contributed by atoms with E-state index >= 15 is 0 Å². The van der Waals surface area contributed by atoms with Crippen molar-refractivity contribution in [2.75, 3.05) is 6.54 Å². The molecule has 0 saturated heterocycles. The average Bonchev–Trinajstić information content (AvgIpc) is 2.73. The highest BCUT2D eigenvalue weighted by Crippen LogP contribution is 2.15. The smallest absolute Gasteiger partial charge is 0.242 e. The summed E-state index contributed by atoms with van der Waals surface area (Å²) in [5, 5.41) is 3.00. The predicted molar refractivity (Wildman–Crippen MR) is 114 cm³/mol. The Morgan fingerprint density at radius 3 is 2.11 bits per heavy atom. The Bertz CT molecular complexity index is 716. The standard InChI is InChI=1S/C24H32N2O2/c1-3-5-18-25-24(28)22(4-2)26(19-21-14-10-7-11-15-21)23(27)17-16-20-12-8-6-9-13-20/h6-15,22H,3-5,16-19H2,1-2H3,(H,25,28). The molecule has 4 heteroatoms. The van der Waals surface area contributed by atoms with Crippen LogP contribution in [0.1, 0.15) is 50.7 Å². The molecule has 0 spiro atoms. The third kappa shape index (κ3) is 6.84. The maximum Gasteiger partial charge on any atom is 0.242 e. The molecule has 2 aromatic rings. The Kier molecular flexibility index (Phi) is 9.26. The van der Waals surface area contributed by atoms with Crippen molar-refractivity contribution in [1.82, 2.24) is 10.2 Å². The van der Waals surface area contributed by atoms with Crippen LogP contribution >= 0.6 is 0 Å². The highest BCUT2D eigenvalue weighted by Gasteiger charge is 2.28. The van der Waals surface area contributed by atoms with Crippen LogP contribution in [0.4, 0.5) is 0 Å². The molecule has 150 valence electrons. The fraction of sp³-hybridized carbons (Fsp3) is 0.417. The van der Waals surface area contributed by atoms with E-state index < -0.39 is 6.04 Å². The fourth-order valence-electron chi connectivity index (χ4n) is 3.25. The van der Waals surface area contributed by atoms with E-state index in [0.29, 0.717) is 32.4 Å². The Labute approximate surface area is 169 Å². The molecule has 1 unspecified atom stereocenters. The normalized spacial score (nSPS) is 11.6. The van der Waals surface area contributed by atoms with Crippen molar-refractivity contribution in [3.63, 3.8) is 0 Å². The Hall–Kier alpha value is -2.62. The summed E-state index contributed by atoms with van der Waals surface area (Å²) in [6, 6.07) is 19.4. The highest BCUT2D eigenvalue weighted by molar-refractivity contribution is 5.87. The van der Waals surface area contributed by atoms with Gasteiger partial charge in [-0.3, -0.25) is 9.59 Å². The quantitative estimate of drug-likeness (QED) is 0.590. The summed E-state index contributed by atoms with van der Waals surface area (Å²) >= 11 is 0. The molecule has 0 aliphatic rings. The molecule has 0 heterocycles. The molecule has 0 radical (unpaired) electrons. The largest absolute Gasteiger partial charge is 0.354 e. The minimum absolute atomic E-state index is 0.0187. The van der Waals surface area contributed by atoms with E-state index in [9.17, 15) is 9.59 Å². The molecule has 0 bridgehead atoms. The molecular formula is C24H32N2O2. The predicted octanol–water partition coefficient (Wildman–Crippen LogP) is 4.34. The second-order valence-corrected chi connectivity index (χ2v) is 7.06. The summed E-state index contributed by atoms with van der Waals surface area (Å²) in [6.45, 7) is 5.17. The van der Waals surface area contributed by atoms with E-state index in [1.165, 1.54) is 0 Å². The second kappa shape index (κ2) is 12.0. The van der Waals surface area contributed by atoms with E-state index in [1.54, 1.807) is 4.90 Å². The van der Waals surface area contributed by atoms with E-state index in [-0.39, 0.29) is 11.8 Å². The second-order valence-electron chi connectivity index (χ2n) is 7.06. The number of nitrogens with one attached hydrogen (secondary N) is 1. The zero-order chi connectivity index (χ0) is 20.2. The van der Waals surface area contributed by atoms with Crippen LogP contribution in [0, 0.1) is 0 Å². The van der Waals surface area contributed by atoms with Gasteiger partial charge in [0.2, 0.25) is 11.8 Å². The van der Waals surface area contributed by atoms with E-state index in [4.69, 9.17) is 0 Å². The first-order valence-electron chi connectivity index (χ1n) is 10.3. The molecule has 1 N–H and O–H groups in total. The number of rotatable bonds is 11. The van der Waals surface area contributed by atoms with Crippen molar-refractivity contribution in [2.45, 2.75) is 58.5 Å². The molecule has 0 aliphatic heterocycles. The van der Waals surface area contributed by atoms with Gasteiger partial charge in [-0.05, 0) is 30.4 Å². The van der Waals surface area contributed by atoms with Gasteiger partial charge < -0.3 is 10.2 Å². The summed E-state index contributed by atoms with van der Waals surface area (Å²) in [7, 11) is 0. The number of unbranched alkanes of at least 4 members (excludes halogenated alkanes) is 1. The van der Waals surface area contributed by atoms with Crippen molar-refractivity contribution in [3.05, 3.63) is 71.8 Å². The maximum atomic E-state index is 13.1. The van der Waals surface area contributed by atoms with Crippen LogP contribution in [-0.2, 0) is 22.6 Å². The molecule has 0 aliphatic carbocycles. The third-order valence-corrected chi connectivity index (χ3v) is 4.88. The van der Waals surface area contributed by atoms with Crippen molar-refractivity contribution in [2.24, 2.45) is 0 Å². The lowest BCUT2D eigenvalue weighted by atomic mass is 10.1. The van der Waals surface area contributed by atoms with Crippen LogP contribution in [0.15, 0.2) is 60.7 Å². The van der Waals surface area contributed by atoms with Crippen molar-refractivity contribution < 1.29 is 9.59 Å². The highest BCUT2D eigenvalue weighted by atomic mass is 16.2. The van der Waals surface area contributed by atoms with Crippen molar-refractivity contribution >= 4 is 11.8 Å². The number of amides is 2. The molecule has 2 aromatic carbocycles. The number of aryl methyl sites for hydroxylation is 1. The SMILES string of the molecule is CCCCNC(=O)C(CC)N(Cc1ccccc1)C(=O)CCc1ccccc1. The lowest BCUT2D eigenvalue weighted by molar-refractivity contribution is -0.141. The van der Waals surface area contributed by atoms with Gasteiger partial charge in [0.15, 0.2) is 0 Å². The number of nitrogens with zero attached hydrogens (tertiary/aromatic N) is 1. The zero-order valence-electron chi connectivity index (χ0n) is 17.1. The first kappa shape index (κ1) is 21.7. The first-order chi connectivity index (χ1) is 13.7. The van der Waals surface area contributed by atoms with Crippen LogP contribution in [0.5, 0.6) is 0 Å². The molecular weight excluding hydrogens is 348 g/mol. The monoisotopic (exact) mass is 380 g/mol. The van der Waals surface area contributed by atoms with E-state index in [0.717, 1.165) is 24.0 Å². The van der Waals surface area contributed by atoms with Crippen molar-refractivity contribution in [3.8, 4) is 0 Å². The van der Waals surface area contributed by atoms with Gasteiger partial charge in [-0.2, -0.15) is 0 Å². The van der Waals surface area contributed by atoms with Crippen molar-refractivity contribution in [1.29, 1.82) is 0 Å². The average molecular weight is 381 g/mol. The number of carbonyl (C=O) groups is 2. The summed E-state index contributed by atoms with van der Waals surface area (Å²) in [5.41, 5.74) is 2.17. The Morgan fingerprint density at radius 1 is 0.929 bits per heavy atom. The van der Waals surface area contributed by atoms with Crippen LogP contribution in [0.25, 0.3) is 0 Å². The fourth-order valence-corrected chi connectivity index (χ4v) is 3.25. The zero-order valence-corrected chi connectivity index (χ0v) is 17.1. The summed E-state index contributed by atoms with van der Waals surface area (Å²) < 4.78 is 0. The van der Waals surface area contributed by atoms with Gasteiger partial charge in [-0.1, -0.05) is 80.9 Å². The Morgan fingerprint density at radius 2 is 1.54 bits per heavy atom. The van der Waals surface area contributed by atoms with Crippen LogP contribution in [0.3, 0.4) is 0 Å². The Balaban J connectivity index is 2.12. The summed E-state index contributed by atoms with van der Waals surface area (Å²) in [6.07, 6.45) is 3.65. The minimum Gasteiger partial charge on any atom is -0.354 e. The lowest BCUT2D eigenvalue weighted by Gasteiger charge is -2.30. The molecule has 2 rings (SSSR count). The minimum atomic E-state index is -0.444. The molecule has 0 fully saturated rings. The molecule has 0 saturated carbocycles. The van der Waals surface area contributed by atoms with Gasteiger partial charge in [0.25, 0.3) is 0 Å². The van der Waals surface area contributed by atoms with Gasteiger partial charge in [-0.25, -0.2) is 0 Å². The topological polar surface area (TPSA) is 49.4 Å². The molecule has 28 heavy (non-hydrogen) atoms. The molecule has 0 aromatic heterocycles. The molecule has 2 amide bonds. The van der Waals surface area contributed by atoms with Gasteiger partial charge in [0.1, 0.15) is 6.04 Å². The van der Waals surface area contributed by atoms with E-state index in [1.807, 2.05) is 67.6 Å². The van der Waals surface area contributed by atoms with Crippen LogP contribution in [-0.4, -0.2) is 29.3 Å². The third-order valence-electron chi connectivity index (χ3n) is 4.88. The van der Waals surface area contributed by atoms with Gasteiger partial charge in [0.05, 0.1) is 0 Å². The first-order valence-corrected chi connectivity index (χ1v) is 10.3. The number of benzene rings is 2. The number of carbonyl (C=O) groups excluding carboxylic acids is 2. The van der Waals surface area contributed by atoms with Gasteiger partial charge in [-0.15, -0.1) is 0 Å². The van der Waals surface area contributed by atoms with Gasteiger partial charge >= 0.3 is 0 Å². The van der Waals surface area contributed by atoms with Gasteiger partial charge in [0, 0.05) is 19.5 Å². The molecule has 4 nitrogen and oxygen atoms in total. The number of hydrogen-bond donors (Lipinski definition) is 1. The van der Waals surface area contributed by atoms with E-state index in [2.05, 4.69) is 12.2 Å². The summed E-state index contributed by atoms with van der Waals surface area (Å²) in [5.74, 6) is -0.0369. The number of hydrogen-bond acceptors (Lipinski definition) is 2.